The highest BCUT2D eigenvalue weighted by Crippen LogP contribution is 2.37. The van der Waals surface area contributed by atoms with Crippen molar-refractivity contribution in [1.29, 1.82) is 0 Å². The fourth-order valence-corrected chi connectivity index (χ4v) is 5.22. The van der Waals surface area contributed by atoms with E-state index >= 15 is 0 Å². The Balaban J connectivity index is 1.50. The van der Waals surface area contributed by atoms with Gasteiger partial charge in [0.15, 0.2) is 5.01 Å². The minimum Gasteiger partial charge on any atom is -0.494 e. The van der Waals surface area contributed by atoms with Gasteiger partial charge in [-0.25, -0.2) is 13.8 Å². The van der Waals surface area contributed by atoms with E-state index in [2.05, 4.69) is 42.2 Å². The van der Waals surface area contributed by atoms with Gasteiger partial charge in [-0.1, -0.05) is 17.3 Å². The molecule has 0 spiro atoms. The van der Waals surface area contributed by atoms with Gasteiger partial charge in [0.25, 0.3) is 12.3 Å². The van der Waals surface area contributed by atoms with Gasteiger partial charge in [0.05, 0.1) is 24.5 Å². The number of alkyl halides is 2. The number of aromatic nitrogens is 4. The molecular formula is C28H30F2N6O3S. The first-order valence-corrected chi connectivity index (χ1v) is 14.0. The maximum atomic E-state index is 13.6. The van der Waals surface area contributed by atoms with Crippen molar-refractivity contribution in [2.45, 2.75) is 57.5 Å². The Bertz CT molecular complexity index is 1440. The zero-order valence-corrected chi connectivity index (χ0v) is 23.1. The van der Waals surface area contributed by atoms with Crippen molar-refractivity contribution in [3.8, 4) is 28.7 Å². The number of halogens is 2. The third-order valence-electron chi connectivity index (χ3n) is 6.97. The summed E-state index contributed by atoms with van der Waals surface area (Å²) in [5, 5.41) is 22.0. The lowest BCUT2D eigenvalue weighted by Gasteiger charge is -2.32. The van der Waals surface area contributed by atoms with Crippen LogP contribution in [0.1, 0.15) is 72.9 Å². The second kappa shape index (κ2) is 11.8. The molecule has 4 heterocycles. The summed E-state index contributed by atoms with van der Waals surface area (Å²) >= 11 is 1.16. The van der Waals surface area contributed by atoms with Gasteiger partial charge in [0.1, 0.15) is 17.3 Å². The van der Waals surface area contributed by atoms with Gasteiger partial charge in [-0.05, 0) is 63.5 Å². The lowest BCUT2D eigenvalue weighted by Crippen LogP contribution is -2.34. The number of methoxy groups -OCH3 is 1. The molecule has 5 rings (SSSR count). The summed E-state index contributed by atoms with van der Waals surface area (Å²) in [6.07, 6.45) is 4.85. The van der Waals surface area contributed by atoms with Crippen molar-refractivity contribution in [3.63, 3.8) is 0 Å². The van der Waals surface area contributed by atoms with Crippen molar-refractivity contribution in [3.05, 3.63) is 40.8 Å². The van der Waals surface area contributed by atoms with Crippen LogP contribution < -0.4 is 15.0 Å². The highest BCUT2D eigenvalue weighted by atomic mass is 32.1. The number of carbonyl (C=O) groups excluding carboxylic acids is 1. The van der Waals surface area contributed by atoms with Gasteiger partial charge in [-0.2, -0.15) is 0 Å². The molecule has 1 saturated heterocycles. The van der Waals surface area contributed by atoms with E-state index in [9.17, 15) is 18.7 Å². The number of hydrogen-bond acceptors (Lipinski definition) is 9. The minimum absolute atomic E-state index is 0.157. The summed E-state index contributed by atoms with van der Waals surface area (Å²) in [6.45, 7) is 3.15. The molecule has 2 aliphatic rings. The van der Waals surface area contributed by atoms with E-state index in [1.165, 1.54) is 25.6 Å². The smallest absolute Gasteiger partial charge is 0.280 e. The molecule has 210 valence electrons. The average molecular weight is 569 g/mol. The van der Waals surface area contributed by atoms with Crippen molar-refractivity contribution >= 4 is 28.2 Å². The van der Waals surface area contributed by atoms with Crippen LogP contribution in [0.5, 0.6) is 5.75 Å². The van der Waals surface area contributed by atoms with Crippen LogP contribution >= 0.6 is 11.3 Å². The molecule has 9 nitrogen and oxygen atoms in total. The van der Waals surface area contributed by atoms with Gasteiger partial charge < -0.3 is 14.7 Å². The summed E-state index contributed by atoms with van der Waals surface area (Å²) in [6, 6.07) is 2.95. The minimum atomic E-state index is -2.80. The number of aliphatic hydroxyl groups is 1. The molecule has 1 amide bonds. The molecule has 1 saturated carbocycles. The van der Waals surface area contributed by atoms with Crippen molar-refractivity contribution in [2.75, 3.05) is 30.4 Å². The lowest BCUT2D eigenvalue weighted by atomic mass is 9.92. The Morgan fingerprint density at radius 1 is 1.18 bits per heavy atom. The average Bonchev–Trinajstić information content (AvgIpc) is 3.66. The van der Waals surface area contributed by atoms with E-state index in [0.717, 1.165) is 37.0 Å². The summed E-state index contributed by atoms with van der Waals surface area (Å²) in [4.78, 5) is 23.9. The molecule has 3 aromatic rings. The Morgan fingerprint density at radius 3 is 2.60 bits per heavy atom. The zero-order chi connectivity index (χ0) is 28.3. The summed E-state index contributed by atoms with van der Waals surface area (Å²) in [7, 11) is 1.42. The molecule has 2 N–H and O–H groups in total. The van der Waals surface area contributed by atoms with Gasteiger partial charge in [-0.3, -0.25) is 15.1 Å². The first kappa shape index (κ1) is 27.9. The Hall–Kier alpha value is -3.69. The summed E-state index contributed by atoms with van der Waals surface area (Å²) in [5.41, 5.74) is -0.307. The Labute approximate surface area is 235 Å². The van der Waals surface area contributed by atoms with E-state index in [4.69, 9.17) is 4.74 Å². The number of nitrogens with zero attached hydrogens (tertiary/aromatic N) is 5. The SMILES string of the molecule is COc1cnc(C(F)F)cc1-c1cc(N2CCCC(C)(O)CCC2)ncc1C(=O)Nc1nnc(C#CC2CC2)s1. The van der Waals surface area contributed by atoms with Crippen LogP contribution in [0.2, 0.25) is 0 Å². The summed E-state index contributed by atoms with van der Waals surface area (Å²) in [5.74, 6) is 6.82. The standard InChI is InChI=1S/C28H30F2N6O3S/c1-28(38)9-3-11-36(12-4-10-28)23-14-18(19-13-21(25(29)30)31-16-22(19)39-2)20(15-32-23)26(37)33-27-35-34-24(40-27)8-7-17-5-6-17/h13-17,25,38H,3-6,9-12H2,1-2H3,(H,33,35,37). The molecule has 0 unspecified atom stereocenters. The van der Waals surface area contributed by atoms with Crippen LogP contribution in [-0.4, -0.2) is 57.0 Å². The van der Waals surface area contributed by atoms with Crippen LogP contribution in [0.4, 0.5) is 19.7 Å². The highest BCUT2D eigenvalue weighted by molar-refractivity contribution is 7.15. The lowest BCUT2D eigenvalue weighted by molar-refractivity contribution is 0.0362. The predicted molar refractivity (Wildman–Crippen MR) is 148 cm³/mol. The number of nitrogens with one attached hydrogen (secondary N) is 1. The number of carbonyl (C=O) groups is 1. The van der Waals surface area contributed by atoms with Crippen LogP contribution in [-0.2, 0) is 0 Å². The highest BCUT2D eigenvalue weighted by Gasteiger charge is 2.26. The topological polar surface area (TPSA) is 113 Å². The molecule has 12 heteroatoms. The molecule has 0 aromatic carbocycles. The predicted octanol–water partition coefficient (Wildman–Crippen LogP) is 5.09. The van der Waals surface area contributed by atoms with Gasteiger partial charge in [0.2, 0.25) is 5.13 Å². The largest absolute Gasteiger partial charge is 0.494 e. The Morgan fingerprint density at radius 2 is 1.93 bits per heavy atom. The normalized spacial score (nSPS) is 17.0. The number of amides is 1. The van der Waals surface area contributed by atoms with E-state index in [-0.39, 0.29) is 16.4 Å². The van der Waals surface area contributed by atoms with Crippen LogP contribution in [0.15, 0.2) is 24.5 Å². The number of ether oxygens (including phenoxy) is 1. The number of pyridine rings is 2. The van der Waals surface area contributed by atoms with E-state index in [1.54, 1.807) is 6.07 Å². The first-order chi connectivity index (χ1) is 19.2. The van der Waals surface area contributed by atoms with Crippen LogP contribution in [0.25, 0.3) is 11.1 Å². The molecule has 40 heavy (non-hydrogen) atoms. The Kier molecular flexibility index (Phi) is 8.23. The molecule has 1 aliphatic heterocycles. The second-order valence-corrected chi connectivity index (χ2v) is 11.3. The maximum absolute atomic E-state index is 13.6. The monoisotopic (exact) mass is 568 g/mol. The molecule has 0 radical (unpaired) electrons. The molecule has 1 aliphatic carbocycles. The van der Waals surface area contributed by atoms with Gasteiger partial charge >= 0.3 is 0 Å². The summed E-state index contributed by atoms with van der Waals surface area (Å²) < 4.78 is 32.7. The van der Waals surface area contributed by atoms with Crippen LogP contribution in [0.3, 0.4) is 0 Å². The fourth-order valence-electron chi connectivity index (χ4n) is 4.62. The quantitative estimate of drug-likeness (QED) is 0.396. The maximum Gasteiger partial charge on any atom is 0.280 e. The first-order valence-electron chi connectivity index (χ1n) is 13.2. The van der Waals surface area contributed by atoms with Gasteiger partial charge in [-0.15, -0.1) is 10.2 Å². The van der Waals surface area contributed by atoms with Gasteiger partial charge in [0, 0.05) is 36.3 Å². The number of rotatable bonds is 6. The molecule has 3 aromatic heterocycles. The van der Waals surface area contributed by atoms with Crippen molar-refractivity contribution in [1.82, 2.24) is 20.2 Å². The number of hydrogen-bond donors (Lipinski definition) is 2. The third kappa shape index (κ3) is 6.71. The molecular weight excluding hydrogens is 538 g/mol. The fraction of sp³-hybridized carbons (Fsp3) is 0.464. The van der Waals surface area contributed by atoms with Crippen molar-refractivity contribution in [2.24, 2.45) is 5.92 Å². The number of anilines is 2. The second-order valence-electron chi connectivity index (χ2n) is 10.3. The van der Waals surface area contributed by atoms with E-state index in [0.29, 0.717) is 53.8 Å². The molecule has 0 bridgehead atoms. The van der Waals surface area contributed by atoms with Crippen molar-refractivity contribution < 1.29 is 23.4 Å². The zero-order valence-electron chi connectivity index (χ0n) is 22.3. The molecule has 2 fully saturated rings. The van der Waals surface area contributed by atoms with Crippen LogP contribution in [0, 0.1) is 17.8 Å². The van der Waals surface area contributed by atoms with E-state index in [1.807, 2.05) is 6.92 Å². The van der Waals surface area contributed by atoms with E-state index < -0.39 is 23.6 Å². The third-order valence-corrected chi connectivity index (χ3v) is 7.73. The molecule has 0 atom stereocenters.